The average molecular weight is 1260 g/mol. The summed E-state index contributed by atoms with van der Waals surface area (Å²) >= 11 is 0. The number of ether oxygens (including phenoxy) is 15. The third-order valence-electron chi connectivity index (χ3n) is 16.1. The summed E-state index contributed by atoms with van der Waals surface area (Å²) in [7, 11) is 0. The molecule has 35 atom stereocenters. The Morgan fingerprint density at radius 2 is 0.477 bits per heavy atom. The molecule has 21 aliphatic rings. The minimum Gasteiger partial charge on any atom is -0.508 e. The molecule has 21 fully saturated rings. The lowest BCUT2D eigenvalue weighted by atomic mass is 9.95. The van der Waals surface area contributed by atoms with Crippen LogP contribution >= 0.6 is 0 Å². The Kier molecular flexibility index (Phi) is 22.6. The molecule has 37 heteroatoms. The third-order valence-corrected chi connectivity index (χ3v) is 16.1. The predicted octanol–water partition coefficient (Wildman–Crippen LogP) is -13.7. The van der Waals surface area contributed by atoms with Gasteiger partial charge in [0, 0.05) is 0 Å². The number of phenolic OH excluding ortho intramolecular Hbond substituents is 1. The molecular weight excluding hydrogens is 1180 g/mol. The molecule has 1 aromatic rings. The number of hydrogen-bond donors (Lipinski definition) is 21. The molecule has 0 aromatic heterocycles. The predicted molar refractivity (Wildman–Crippen MR) is 260 cm³/mol. The number of aromatic hydroxyl groups is 1. The van der Waals surface area contributed by atoms with Crippen LogP contribution in [0.25, 0.3) is 0 Å². The van der Waals surface area contributed by atoms with Crippen molar-refractivity contribution in [1.29, 1.82) is 0 Å². The van der Waals surface area contributed by atoms with Gasteiger partial charge in [0.15, 0.2) is 44.0 Å². The first-order valence-corrected chi connectivity index (χ1v) is 27.3. The van der Waals surface area contributed by atoms with Crippen molar-refractivity contribution in [1.82, 2.24) is 0 Å². The van der Waals surface area contributed by atoms with Crippen LogP contribution in [0.2, 0.25) is 0 Å². The first-order valence-electron chi connectivity index (χ1n) is 27.3. The lowest BCUT2D eigenvalue weighted by Crippen LogP contribution is -2.68. The van der Waals surface area contributed by atoms with Gasteiger partial charge in [-0.05, 0) is 24.3 Å². The van der Waals surface area contributed by atoms with E-state index < -0.39 is 267 Å². The van der Waals surface area contributed by atoms with E-state index in [9.17, 15) is 112 Å². The van der Waals surface area contributed by atoms with E-state index >= 15 is 0 Å². The Morgan fingerprint density at radius 1 is 0.291 bits per heavy atom. The van der Waals surface area contributed by atoms with Gasteiger partial charge in [-0.1, -0.05) is 0 Å². The van der Waals surface area contributed by atoms with E-state index in [2.05, 4.69) is 0 Å². The number of rotatable bonds is 9. The van der Waals surface area contributed by atoms with E-state index in [1.807, 2.05) is 0 Å². The van der Waals surface area contributed by atoms with Crippen molar-refractivity contribution in [3.05, 3.63) is 29.8 Å². The van der Waals surface area contributed by atoms with Crippen LogP contribution in [0.4, 0.5) is 0 Å². The van der Waals surface area contributed by atoms with E-state index in [1.165, 1.54) is 12.1 Å². The van der Waals surface area contributed by atoms with Crippen LogP contribution in [-0.4, -0.2) is 374 Å². The zero-order chi connectivity index (χ0) is 62.3. The molecular formula is C49H74O37. The Morgan fingerprint density at radius 3 is 0.674 bits per heavy atom. The first kappa shape index (κ1) is 67.5. The Balaban J connectivity index is 1.02. The Labute approximate surface area is 485 Å². The summed E-state index contributed by atoms with van der Waals surface area (Å²) in [6.07, 6.45) is -72.1. The molecule has 21 saturated heterocycles. The van der Waals surface area contributed by atoms with E-state index in [-0.39, 0.29) is 11.3 Å². The van der Waals surface area contributed by atoms with Crippen molar-refractivity contribution in [2.75, 3.05) is 46.2 Å². The molecule has 21 N–H and O–H groups in total. The monoisotopic (exact) mass is 1250 g/mol. The number of carbonyl (C=O) groups excluding carboxylic acids is 1. The highest BCUT2D eigenvalue weighted by atomic mass is 16.8. The van der Waals surface area contributed by atoms with Crippen molar-refractivity contribution >= 4 is 5.97 Å². The molecule has 37 nitrogen and oxygen atoms in total. The van der Waals surface area contributed by atoms with Gasteiger partial charge in [0.1, 0.15) is 183 Å². The molecule has 0 aliphatic carbocycles. The van der Waals surface area contributed by atoms with Gasteiger partial charge >= 0.3 is 5.97 Å². The standard InChI is InChI=1S/C49H74O37/c50-5-14-35-22(58)29(65)44(74-14)82-37-16(7-52)76-46(31(67)24(37)60)84-39-18(9-54)78-48(33(69)26(39)62)86-41-20(11-72-42(71)12-1-3-13(56)4-2-12)79-49(34(70)27(41)63)85-40-19(10-55)77-47(32(68)25(40)61)83-38-17(8-53)75-45(30(66)23(38)59)81-36-15(6-51)73-43(80-35)28(64)21(36)57/h1-4,14-41,43-70H,5-11H2/t14-,15-,16-,17-,18-,19-,20-,21-,22+,23-,24+,25-,26+,27-,28-,29+,30-,31+,32-,33+,34-,35-,36-,37-,38-,39-,40-,41-,43-,44-,45-,46-,47-,48-,49-/m1/s1. The third kappa shape index (κ3) is 13.5. The van der Waals surface area contributed by atoms with Crippen molar-refractivity contribution in [2.45, 2.75) is 215 Å². The van der Waals surface area contributed by atoms with E-state index in [1.54, 1.807) is 0 Å². The summed E-state index contributed by atoms with van der Waals surface area (Å²) in [5.74, 6) is -1.29. The summed E-state index contributed by atoms with van der Waals surface area (Å²) in [6, 6.07) is 4.64. The smallest absolute Gasteiger partial charge is 0.338 e. The number of phenols is 1. The SMILES string of the molecule is O=C(OC[C@H]1O[C@@H]2O[C@H]3[C@H](O)[C@@H](O)[C@@H](O[C@H]4[C@H](O)[C@@H](O)[C@@H](O[C@H]5[C@H](O)[C@@H](O)[C@@H](O[C@H]6[C@@H](O)[C@H](O)[C@@H](O[C@H]7[C@@H](O)[C@H](O)[C@@H](O[C@H]8[C@@H](O)[C@H](O)[C@@H](O[C@H]1[C@H](O)[C@H]2O)O[C@@H]8CO)O[C@@H]7CO)O[C@@H]6CO)O[C@@H]5CO)O[C@@H]4CO)O[C@@H]3CO)c1ccc(O)cc1. The average Bonchev–Trinajstić information content (AvgIpc) is 1.12. The highest BCUT2D eigenvalue weighted by Crippen LogP contribution is 2.39. The molecule has 22 rings (SSSR count). The number of hydrogen-bond acceptors (Lipinski definition) is 37. The number of aliphatic hydroxyl groups is 20. The summed E-state index contributed by atoms with van der Waals surface area (Å²) in [6.45, 7) is -7.41. The molecule has 0 spiro atoms. The second-order valence-electron chi connectivity index (χ2n) is 21.6. The molecule has 86 heavy (non-hydrogen) atoms. The van der Waals surface area contributed by atoms with Crippen LogP contribution in [-0.2, 0) is 71.1 Å². The van der Waals surface area contributed by atoms with Gasteiger partial charge in [0.2, 0.25) is 0 Å². The topological polar surface area (TPSA) is 580 Å². The van der Waals surface area contributed by atoms with Crippen molar-refractivity contribution in [2.24, 2.45) is 0 Å². The number of benzene rings is 1. The van der Waals surface area contributed by atoms with Crippen molar-refractivity contribution < 1.29 is 183 Å². The highest BCUT2D eigenvalue weighted by Gasteiger charge is 2.60. The molecule has 0 unspecified atom stereocenters. The minimum atomic E-state index is -2.30. The van der Waals surface area contributed by atoms with Gasteiger partial charge in [-0.3, -0.25) is 0 Å². The molecule has 0 saturated carbocycles. The zero-order valence-corrected chi connectivity index (χ0v) is 44.9. The van der Waals surface area contributed by atoms with E-state index in [0.717, 1.165) is 12.1 Å². The van der Waals surface area contributed by atoms with Crippen molar-refractivity contribution in [3.8, 4) is 5.75 Å². The maximum absolute atomic E-state index is 13.2. The van der Waals surface area contributed by atoms with E-state index in [0.29, 0.717) is 0 Å². The fourth-order valence-electron chi connectivity index (χ4n) is 11.2. The van der Waals surface area contributed by atoms with Gasteiger partial charge in [-0.25, -0.2) is 4.79 Å². The number of esters is 1. The molecule has 1 aromatic carbocycles. The molecule has 0 amide bonds. The summed E-state index contributed by atoms with van der Waals surface area (Å²) in [4.78, 5) is 13.2. The summed E-state index contributed by atoms with van der Waals surface area (Å²) < 4.78 is 86.0. The molecule has 21 heterocycles. The maximum atomic E-state index is 13.2. The van der Waals surface area contributed by atoms with Gasteiger partial charge < -0.3 is 178 Å². The Hall–Kier alpha value is -2.87. The Bertz CT molecular complexity index is 2280. The van der Waals surface area contributed by atoms with Crippen molar-refractivity contribution in [3.63, 3.8) is 0 Å². The number of aliphatic hydroxyl groups excluding tert-OH is 20. The zero-order valence-electron chi connectivity index (χ0n) is 44.9. The fourth-order valence-corrected chi connectivity index (χ4v) is 11.2. The second-order valence-corrected chi connectivity index (χ2v) is 21.6. The molecule has 14 bridgehead atoms. The second kappa shape index (κ2) is 28.7. The largest absolute Gasteiger partial charge is 0.508 e. The lowest BCUT2D eigenvalue weighted by molar-refractivity contribution is -0.396. The molecule has 21 aliphatic heterocycles. The van der Waals surface area contributed by atoms with E-state index in [4.69, 9.17) is 71.1 Å². The summed E-state index contributed by atoms with van der Waals surface area (Å²) in [5.41, 5.74) is -0.131. The van der Waals surface area contributed by atoms with Crippen LogP contribution in [0.1, 0.15) is 10.4 Å². The van der Waals surface area contributed by atoms with Gasteiger partial charge in [-0.15, -0.1) is 0 Å². The van der Waals surface area contributed by atoms with Crippen LogP contribution in [0.5, 0.6) is 5.75 Å². The van der Waals surface area contributed by atoms with Crippen LogP contribution < -0.4 is 0 Å². The molecule has 0 radical (unpaired) electrons. The van der Waals surface area contributed by atoms with Gasteiger partial charge in [0.25, 0.3) is 0 Å². The normalized spacial score (nSPS) is 50.7. The summed E-state index contributed by atoms with van der Waals surface area (Å²) in [5, 5.41) is 233. The quantitative estimate of drug-likeness (QED) is 0.102. The van der Waals surface area contributed by atoms with Crippen LogP contribution in [0.15, 0.2) is 24.3 Å². The fraction of sp³-hybridized carbons (Fsp3) is 0.857. The van der Waals surface area contributed by atoms with Gasteiger partial charge in [0.05, 0.1) is 45.2 Å². The van der Waals surface area contributed by atoms with Crippen LogP contribution in [0.3, 0.4) is 0 Å². The number of carbonyl (C=O) groups is 1. The van der Waals surface area contributed by atoms with Gasteiger partial charge in [-0.2, -0.15) is 0 Å². The minimum absolute atomic E-state index is 0.131. The van der Waals surface area contributed by atoms with Crippen LogP contribution in [0, 0.1) is 0 Å². The highest BCUT2D eigenvalue weighted by molar-refractivity contribution is 5.89. The lowest BCUT2D eigenvalue weighted by Gasteiger charge is -2.50. The maximum Gasteiger partial charge on any atom is 0.338 e. The molecule has 492 valence electrons. The first-order chi connectivity index (χ1) is 41.0.